The van der Waals surface area contributed by atoms with Gasteiger partial charge < -0.3 is 15.8 Å². The van der Waals surface area contributed by atoms with Gasteiger partial charge in [-0.05, 0) is 17.7 Å². The standard InChI is InChI=1S/C17H26N2O3/c1-16(2,12-6-8-13(18)9-7-12)17(3,4)15(21)19-11-10-14(20)22-5/h6-9H,10-11,18H2,1-5H3,(H,19,21). The second-order valence-electron chi connectivity index (χ2n) is 6.45. The summed E-state index contributed by atoms with van der Waals surface area (Å²) in [5, 5.41) is 2.81. The summed E-state index contributed by atoms with van der Waals surface area (Å²) >= 11 is 0. The van der Waals surface area contributed by atoms with Crippen LogP contribution in [0.25, 0.3) is 0 Å². The molecule has 1 aromatic carbocycles. The Balaban J connectivity index is 2.83. The lowest BCUT2D eigenvalue weighted by Crippen LogP contribution is -2.49. The minimum atomic E-state index is -0.654. The lowest BCUT2D eigenvalue weighted by molar-refractivity contribution is -0.140. The number of carbonyl (C=O) groups excluding carboxylic acids is 2. The summed E-state index contributed by atoms with van der Waals surface area (Å²) in [6, 6.07) is 7.56. The predicted molar refractivity (Wildman–Crippen MR) is 87.3 cm³/mol. The Kier molecular flexibility index (Phi) is 5.58. The third kappa shape index (κ3) is 3.78. The summed E-state index contributed by atoms with van der Waals surface area (Å²) < 4.78 is 4.56. The molecular weight excluding hydrogens is 280 g/mol. The van der Waals surface area contributed by atoms with Gasteiger partial charge in [-0.3, -0.25) is 9.59 Å². The topological polar surface area (TPSA) is 81.4 Å². The molecule has 0 heterocycles. The number of amides is 1. The highest BCUT2D eigenvalue weighted by Crippen LogP contribution is 2.41. The highest BCUT2D eigenvalue weighted by molar-refractivity contribution is 5.84. The van der Waals surface area contributed by atoms with Crippen LogP contribution in [-0.2, 0) is 19.7 Å². The van der Waals surface area contributed by atoms with Crippen molar-refractivity contribution in [1.29, 1.82) is 0 Å². The molecule has 0 bridgehead atoms. The molecule has 0 unspecified atom stereocenters. The van der Waals surface area contributed by atoms with Gasteiger partial charge in [0, 0.05) is 17.6 Å². The van der Waals surface area contributed by atoms with E-state index in [-0.39, 0.29) is 24.8 Å². The number of benzene rings is 1. The van der Waals surface area contributed by atoms with E-state index in [0.717, 1.165) is 5.56 Å². The minimum absolute atomic E-state index is 0.0989. The monoisotopic (exact) mass is 306 g/mol. The van der Waals surface area contributed by atoms with E-state index in [9.17, 15) is 9.59 Å². The van der Waals surface area contributed by atoms with E-state index >= 15 is 0 Å². The summed E-state index contributed by atoms with van der Waals surface area (Å²) in [5.41, 5.74) is 6.41. The van der Waals surface area contributed by atoms with Crippen LogP contribution < -0.4 is 11.1 Å². The number of nitrogens with one attached hydrogen (secondary N) is 1. The van der Waals surface area contributed by atoms with Crippen molar-refractivity contribution < 1.29 is 14.3 Å². The fourth-order valence-electron chi connectivity index (χ4n) is 2.15. The van der Waals surface area contributed by atoms with Crippen molar-refractivity contribution in [2.75, 3.05) is 19.4 Å². The van der Waals surface area contributed by atoms with Crippen molar-refractivity contribution in [2.45, 2.75) is 39.5 Å². The number of hydrogen-bond donors (Lipinski definition) is 2. The summed E-state index contributed by atoms with van der Waals surface area (Å²) in [5.74, 6) is -0.436. The summed E-state index contributed by atoms with van der Waals surface area (Å²) in [7, 11) is 1.33. The zero-order valence-corrected chi connectivity index (χ0v) is 14.0. The van der Waals surface area contributed by atoms with Crippen LogP contribution in [-0.4, -0.2) is 25.5 Å². The maximum absolute atomic E-state index is 12.5. The highest BCUT2D eigenvalue weighted by atomic mass is 16.5. The third-order valence-electron chi connectivity index (χ3n) is 4.60. The van der Waals surface area contributed by atoms with Gasteiger partial charge in [0.2, 0.25) is 5.91 Å². The fraction of sp³-hybridized carbons (Fsp3) is 0.529. The number of methoxy groups -OCH3 is 1. The number of carbonyl (C=O) groups is 2. The number of nitrogen functional groups attached to an aromatic ring is 1. The zero-order valence-electron chi connectivity index (χ0n) is 14.0. The molecule has 5 nitrogen and oxygen atoms in total. The van der Waals surface area contributed by atoms with Crippen LogP contribution in [0.15, 0.2) is 24.3 Å². The van der Waals surface area contributed by atoms with Crippen LogP contribution in [0.1, 0.15) is 39.7 Å². The van der Waals surface area contributed by atoms with Gasteiger partial charge in [-0.25, -0.2) is 0 Å². The molecule has 0 atom stereocenters. The quantitative estimate of drug-likeness (QED) is 0.624. The average molecular weight is 306 g/mol. The Morgan fingerprint density at radius 1 is 1.14 bits per heavy atom. The minimum Gasteiger partial charge on any atom is -0.469 e. The van der Waals surface area contributed by atoms with Crippen LogP contribution in [0.3, 0.4) is 0 Å². The van der Waals surface area contributed by atoms with Crippen molar-refractivity contribution in [3.05, 3.63) is 29.8 Å². The molecule has 1 amide bonds. The van der Waals surface area contributed by atoms with Gasteiger partial charge in [-0.2, -0.15) is 0 Å². The molecule has 1 rings (SSSR count). The third-order valence-corrected chi connectivity index (χ3v) is 4.60. The first kappa shape index (κ1) is 18.0. The normalized spacial score (nSPS) is 11.9. The molecule has 3 N–H and O–H groups in total. The molecule has 0 saturated heterocycles. The fourth-order valence-corrected chi connectivity index (χ4v) is 2.15. The Morgan fingerprint density at radius 3 is 2.18 bits per heavy atom. The lowest BCUT2D eigenvalue weighted by atomic mass is 9.63. The molecular formula is C17H26N2O3. The molecule has 0 spiro atoms. The second kappa shape index (κ2) is 6.81. The van der Waals surface area contributed by atoms with E-state index in [1.54, 1.807) is 0 Å². The van der Waals surface area contributed by atoms with Gasteiger partial charge in [0.05, 0.1) is 18.9 Å². The van der Waals surface area contributed by atoms with Gasteiger partial charge in [0.15, 0.2) is 0 Å². The number of anilines is 1. The summed E-state index contributed by atoms with van der Waals surface area (Å²) in [6.07, 6.45) is 0.167. The van der Waals surface area contributed by atoms with Crippen LogP contribution in [0.4, 0.5) is 5.69 Å². The molecule has 0 aromatic heterocycles. The van der Waals surface area contributed by atoms with Crippen molar-refractivity contribution in [3.63, 3.8) is 0 Å². The van der Waals surface area contributed by atoms with Crippen LogP contribution in [0.5, 0.6) is 0 Å². The molecule has 0 fully saturated rings. The predicted octanol–water partition coefficient (Wildman–Crippen LogP) is 2.25. The molecule has 0 aliphatic heterocycles. The van der Waals surface area contributed by atoms with Gasteiger partial charge >= 0.3 is 5.97 Å². The van der Waals surface area contributed by atoms with E-state index in [0.29, 0.717) is 5.69 Å². The largest absolute Gasteiger partial charge is 0.469 e. The summed E-state index contributed by atoms with van der Waals surface area (Å²) in [6.45, 7) is 8.12. The molecule has 0 aliphatic carbocycles. The first-order valence-corrected chi connectivity index (χ1v) is 7.34. The van der Waals surface area contributed by atoms with Crippen molar-refractivity contribution in [2.24, 2.45) is 5.41 Å². The number of nitrogens with two attached hydrogens (primary N) is 1. The molecule has 22 heavy (non-hydrogen) atoms. The SMILES string of the molecule is COC(=O)CCNC(=O)C(C)(C)C(C)(C)c1ccc(N)cc1. The van der Waals surface area contributed by atoms with Crippen molar-refractivity contribution in [3.8, 4) is 0 Å². The van der Waals surface area contributed by atoms with E-state index in [1.807, 2.05) is 52.0 Å². The molecule has 0 radical (unpaired) electrons. The van der Waals surface area contributed by atoms with Gasteiger partial charge in [0.1, 0.15) is 0 Å². The van der Waals surface area contributed by atoms with E-state index in [1.165, 1.54) is 7.11 Å². The van der Waals surface area contributed by atoms with Gasteiger partial charge in [0.25, 0.3) is 0 Å². The number of rotatable bonds is 6. The molecule has 0 aliphatic rings. The Hall–Kier alpha value is -2.04. The Labute approximate surface area is 132 Å². The van der Waals surface area contributed by atoms with E-state index < -0.39 is 10.8 Å². The highest BCUT2D eigenvalue weighted by Gasteiger charge is 2.44. The molecule has 5 heteroatoms. The number of hydrogen-bond acceptors (Lipinski definition) is 4. The first-order chi connectivity index (χ1) is 10.1. The maximum Gasteiger partial charge on any atom is 0.307 e. The Morgan fingerprint density at radius 2 is 1.68 bits per heavy atom. The number of ether oxygens (including phenoxy) is 1. The van der Waals surface area contributed by atoms with Crippen molar-refractivity contribution in [1.82, 2.24) is 5.32 Å². The molecule has 0 saturated carbocycles. The smallest absolute Gasteiger partial charge is 0.307 e. The summed E-state index contributed by atoms with van der Waals surface area (Å²) in [4.78, 5) is 23.6. The maximum atomic E-state index is 12.5. The van der Waals surface area contributed by atoms with Gasteiger partial charge in [-0.1, -0.05) is 39.8 Å². The average Bonchev–Trinajstić information content (AvgIpc) is 2.47. The number of esters is 1. The second-order valence-corrected chi connectivity index (χ2v) is 6.45. The zero-order chi connectivity index (χ0) is 17.0. The Bertz CT molecular complexity index is 533. The van der Waals surface area contributed by atoms with Crippen LogP contribution in [0, 0.1) is 5.41 Å². The van der Waals surface area contributed by atoms with Crippen LogP contribution in [0.2, 0.25) is 0 Å². The molecule has 1 aromatic rings. The van der Waals surface area contributed by atoms with Crippen molar-refractivity contribution >= 4 is 17.6 Å². The van der Waals surface area contributed by atoms with Gasteiger partial charge in [-0.15, -0.1) is 0 Å². The first-order valence-electron chi connectivity index (χ1n) is 7.34. The molecule has 122 valence electrons. The van der Waals surface area contributed by atoms with E-state index in [2.05, 4.69) is 10.1 Å². The lowest BCUT2D eigenvalue weighted by Gasteiger charge is -2.40. The van der Waals surface area contributed by atoms with Crippen LogP contribution >= 0.6 is 0 Å². The van der Waals surface area contributed by atoms with E-state index in [4.69, 9.17) is 5.73 Å².